The first-order chi connectivity index (χ1) is 9.61. The zero-order valence-corrected chi connectivity index (χ0v) is 11.1. The van der Waals surface area contributed by atoms with E-state index in [0.29, 0.717) is 10.8 Å². The van der Waals surface area contributed by atoms with Gasteiger partial charge in [0, 0.05) is 11.9 Å². The minimum absolute atomic E-state index is 0.0653. The third kappa shape index (κ3) is 3.40. The molecule has 0 unspecified atom stereocenters. The molecule has 20 heavy (non-hydrogen) atoms. The number of thiazole rings is 1. The van der Waals surface area contributed by atoms with Crippen molar-refractivity contribution in [3.8, 4) is 10.8 Å². The van der Waals surface area contributed by atoms with Gasteiger partial charge in [0.15, 0.2) is 10.8 Å². The van der Waals surface area contributed by atoms with Crippen LogP contribution >= 0.6 is 11.3 Å². The molecule has 2 aromatic rings. The van der Waals surface area contributed by atoms with Gasteiger partial charge in [-0.1, -0.05) is 0 Å². The Kier molecular flexibility index (Phi) is 4.80. The lowest BCUT2D eigenvalue weighted by molar-refractivity contribution is 0.0505. The molecule has 0 saturated carbocycles. The highest BCUT2D eigenvalue weighted by Crippen LogP contribution is 2.24. The van der Waals surface area contributed by atoms with E-state index < -0.39 is 18.9 Å². The topological polar surface area (TPSA) is 66.6 Å². The Morgan fingerprint density at radius 2 is 2.35 bits per heavy atom. The van der Waals surface area contributed by atoms with Crippen LogP contribution in [-0.4, -0.2) is 47.0 Å². The molecule has 5 nitrogen and oxygen atoms in total. The Morgan fingerprint density at radius 3 is 2.95 bits per heavy atom. The second-order valence-corrected chi connectivity index (χ2v) is 4.74. The minimum atomic E-state index is -2.66. The molecule has 0 saturated heterocycles. The molecule has 2 aromatic heterocycles. The van der Waals surface area contributed by atoms with E-state index in [1.807, 2.05) is 0 Å². The van der Waals surface area contributed by atoms with Crippen LogP contribution in [0.2, 0.25) is 0 Å². The fourth-order valence-corrected chi connectivity index (χ4v) is 2.37. The number of alkyl halides is 2. The Morgan fingerprint density at radius 1 is 1.55 bits per heavy atom. The van der Waals surface area contributed by atoms with Crippen LogP contribution < -0.4 is 0 Å². The minimum Gasteiger partial charge on any atom is -0.462 e. The molecule has 0 fully saturated rings. The van der Waals surface area contributed by atoms with Crippen molar-refractivity contribution in [2.75, 3.05) is 19.7 Å². The fraction of sp³-hybridized carbons (Fsp3) is 0.333. The van der Waals surface area contributed by atoms with Crippen molar-refractivity contribution in [2.45, 2.75) is 6.43 Å². The number of hydrogen-bond donors (Lipinski definition) is 1. The summed E-state index contributed by atoms with van der Waals surface area (Å²) in [5.41, 5.74) is 0.0653. The average molecular weight is 302 g/mol. The Labute approximate surface area is 117 Å². The molecule has 1 amide bonds. The number of furan rings is 1. The van der Waals surface area contributed by atoms with Crippen molar-refractivity contribution < 1.29 is 23.1 Å². The van der Waals surface area contributed by atoms with Gasteiger partial charge >= 0.3 is 0 Å². The van der Waals surface area contributed by atoms with Crippen molar-refractivity contribution in [1.29, 1.82) is 0 Å². The summed E-state index contributed by atoms with van der Waals surface area (Å²) >= 11 is 1.19. The molecule has 1 N–H and O–H groups in total. The van der Waals surface area contributed by atoms with Crippen LogP contribution in [0.3, 0.4) is 0 Å². The highest BCUT2D eigenvalue weighted by Gasteiger charge is 2.22. The lowest BCUT2D eigenvalue weighted by Crippen LogP contribution is -2.37. The number of aliphatic hydroxyl groups excluding tert-OH is 1. The van der Waals surface area contributed by atoms with Crippen molar-refractivity contribution in [3.05, 3.63) is 29.5 Å². The number of aromatic nitrogens is 1. The summed E-state index contributed by atoms with van der Waals surface area (Å²) in [5, 5.41) is 10.8. The van der Waals surface area contributed by atoms with E-state index >= 15 is 0 Å². The van der Waals surface area contributed by atoms with Gasteiger partial charge in [-0.2, -0.15) is 0 Å². The van der Waals surface area contributed by atoms with Crippen LogP contribution in [0.5, 0.6) is 0 Å². The Balaban J connectivity index is 2.15. The largest absolute Gasteiger partial charge is 0.462 e. The number of hydrogen-bond acceptors (Lipinski definition) is 5. The Hall–Kier alpha value is -1.80. The molecule has 0 atom stereocenters. The number of carbonyl (C=O) groups is 1. The number of rotatable bonds is 6. The van der Waals surface area contributed by atoms with Gasteiger partial charge in [-0.05, 0) is 12.1 Å². The summed E-state index contributed by atoms with van der Waals surface area (Å²) in [7, 11) is 0. The number of halogens is 2. The molecule has 2 rings (SSSR count). The summed E-state index contributed by atoms with van der Waals surface area (Å²) in [5.74, 6) is -0.120. The Bertz CT molecular complexity index is 557. The number of aliphatic hydroxyl groups is 1. The normalized spacial score (nSPS) is 11.0. The van der Waals surface area contributed by atoms with Crippen LogP contribution in [0.4, 0.5) is 8.78 Å². The summed E-state index contributed by atoms with van der Waals surface area (Å²) in [6.45, 7) is -1.27. The molecule has 0 aliphatic rings. The van der Waals surface area contributed by atoms with Gasteiger partial charge < -0.3 is 14.4 Å². The van der Waals surface area contributed by atoms with E-state index in [-0.39, 0.29) is 18.8 Å². The van der Waals surface area contributed by atoms with Crippen LogP contribution in [0.25, 0.3) is 10.8 Å². The number of nitrogens with zero attached hydrogens (tertiary/aromatic N) is 2. The summed E-state index contributed by atoms with van der Waals surface area (Å²) in [6, 6.07) is 3.38. The van der Waals surface area contributed by atoms with E-state index in [0.717, 1.165) is 4.90 Å². The van der Waals surface area contributed by atoms with E-state index in [1.165, 1.54) is 23.0 Å². The second-order valence-electron chi connectivity index (χ2n) is 3.88. The first-order valence-corrected chi connectivity index (χ1v) is 6.67. The molecule has 0 radical (unpaired) electrons. The van der Waals surface area contributed by atoms with E-state index in [1.54, 1.807) is 12.1 Å². The number of amides is 1. The summed E-state index contributed by atoms with van der Waals surface area (Å²) in [6.07, 6.45) is -1.18. The van der Waals surface area contributed by atoms with Gasteiger partial charge in [-0.15, -0.1) is 11.3 Å². The van der Waals surface area contributed by atoms with E-state index in [9.17, 15) is 13.6 Å². The van der Waals surface area contributed by atoms with Gasteiger partial charge in [0.1, 0.15) is 5.69 Å². The highest BCUT2D eigenvalue weighted by atomic mass is 32.1. The molecule has 0 bridgehead atoms. The number of carbonyl (C=O) groups excluding carboxylic acids is 1. The summed E-state index contributed by atoms with van der Waals surface area (Å²) < 4.78 is 30.0. The molecule has 8 heteroatoms. The van der Waals surface area contributed by atoms with Crippen LogP contribution in [-0.2, 0) is 0 Å². The zero-order chi connectivity index (χ0) is 14.5. The SMILES string of the molecule is O=C(c1csc(-c2ccco2)n1)N(CCO)CC(F)F. The summed E-state index contributed by atoms with van der Waals surface area (Å²) in [4.78, 5) is 17.0. The van der Waals surface area contributed by atoms with Crippen LogP contribution in [0.1, 0.15) is 10.5 Å². The lowest BCUT2D eigenvalue weighted by Gasteiger charge is -2.19. The third-order valence-corrected chi connectivity index (χ3v) is 3.33. The van der Waals surface area contributed by atoms with Crippen LogP contribution in [0, 0.1) is 0 Å². The van der Waals surface area contributed by atoms with Gasteiger partial charge in [-0.3, -0.25) is 4.79 Å². The molecule has 0 aliphatic carbocycles. The predicted molar refractivity (Wildman–Crippen MR) is 68.8 cm³/mol. The zero-order valence-electron chi connectivity index (χ0n) is 10.3. The standard InChI is InChI=1S/C12H12F2N2O3S/c13-10(14)6-16(3-4-17)12(18)8-7-20-11(15-8)9-2-1-5-19-9/h1-2,5,7,10,17H,3-4,6H2. The fourth-order valence-electron chi connectivity index (χ4n) is 1.61. The van der Waals surface area contributed by atoms with E-state index in [4.69, 9.17) is 9.52 Å². The first-order valence-electron chi connectivity index (χ1n) is 5.79. The van der Waals surface area contributed by atoms with Gasteiger partial charge in [0.25, 0.3) is 12.3 Å². The van der Waals surface area contributed by atoms with Crippen molar-refractivity contribution in [1.82, 2.24) is 9.88 Å². The maximum absolute atomic E-state index is 12.4. The van der Waals surface area contributed by atoms with Gasteiger partial charge in [-0.25, -0.2) is 13.8 Å². The third-order valence-electron chi connectivity index (χ3n) is 2.47. The quantitative estimate of drug-likeness (QED) is 0.887. The first kappa shape index (κ1) is 14.6. The molecule has 108 valence electrons. The molecular formula is C12H12F2N2O3S. The van der Waals surface area contributed by atoms with Gasteiger partial charge in [0.2, 0.25) is 0 Å². The van der Waals surface area contributed by atoms with Crippen molar-refractivity contribution in [2.24, 2.45) is 0 Å². The van der Waals surface area contributed by atoms with E-state index in [2.05, 4.69) is 4.98 Å². The predicted octanol–water partition coefficient (Wildman–Crippen LogP) is 2.10. The lowest BCUT2D eigenvalue weighted by atomic mass is 10.3. The molecule has 0 spiro atoms. The molecule has 0 aliphatic heterocycles. The molecule has 0 aromatic carbocycles. The molecule has 2 heterocycles. The smallest absolute Gasteiger partial charge is 0.273 e. The van der Waals surface area contributed by atoms with Crippen molar-refractivity contribution in [3.63, 3.8) is 0 Å². The maximum atomic E-state index is 12.4. The maximum Gasteiger partial charge on any atom is 0.273 e. The molecular weight excluding hydrogens is 290 g/mol. The highest BCUT2D eigenvalue weighted by molar-refractivity contribution is 7.13. The monoisotopic (exact) mass is 302 g/mol. The van der Waals surface area contributed by atoms with Crippen molar-refractivity contribution >= 4 is 17.2 Å². The van der Waals surface area contributed by atoms with Crippen LogP contribution in [0.15, 0.2) is 28.2 Å². The van der Waals surface area contributed by atoms with Gasteiger partial charge in [0.05, 0.1) is 19.4 Å². The second kappa shape index (κ2) is 6.58. The average Bonchev–Trinajstić information content (AvgIpc) is 3.07.